The number of nitrogens with one attached hydrogen (secondary N) is 1. The average Bonchev–Trinajstić information content (AvgIpc) is 3.04. The molecule has 24 heavy (non-hydrogen) atoms. The second-order valence-corrected chi connectivity index (χ2v) is 7.10. The number of rotatable bonds is 15. The number of aliphatic hydroxyl groups is 1. The standard InChI is InChI=1S/C21H40N2O/c1-3-4-5-6-7-8-9-10-11-12-13-14-15-16-17-21-22-18-19-23(21)20(2)24/h12-13,18-22,24H,3-11,14-17H2,1-2H3/b13-12+. The normalized spacial score (nSPS) is 18.5. The topological polar surface area (TPSA) is 35.5 Å². The van der Waals surface area contributed by atoms with Crippen LogP contribution in [0.3, 0.4) is 0 Å². The van der Waals surface area contributed by atoms with Gasteiger partial charge in [-0.25, -0.2) is 0 Å². The third kappa shape index (κ3) is 10.0. The fraction of sp³-hybridized carbons (Fsp3) is 0.810. The lowest BCUT2D eigenvalue weighted by molar-refractivity contribution is 0.0255. The van der Waals surface area contributed by atoms with E-state index in [4.69, 9.17) is 0 Å². The molecule has 1 aliphatic heterocycles. The molecule has 140 valence electrons. The van der Waals surface area contributed by atoms with E-state index in [2.05, 4.69) is 24.4 Å². The van der Waals surface area contributed by atoms with Gasteiger partial charge in [-0.15, -0.1) is 0 Å². The van der Waals surface area contributed by atoms with E-state index in [0.717, 1.165) is 6.42 Å². The molecule has 2 unspecified atom stereocenters. The van der Waals surface area contributed by atoms with Crippen LogP contribution in [0.5, 0.6) is 0 Å². The number of allylic oxidation sites excluding steroid dienone is 2. The molecule has 0 amide bonds. The highest BCUT2D eigenvalue weighted by molar-refractivity contribution is 4.94. The highest BCUT2D eigenvalue weighted by atomic mass is 16.3. The third-order valence-electron chi connectivity index (χ3n) is 4.82. The number of nitrogens with zero attached hydrogens (tertiary/aromatic N) is 1. The van der Waals surface area contributed by atoms with E-state index >= 15 is 0 Å². The van der Waals surface area contributed by atoms with Gasteiger partial charge in [0.05, 0.1) is 0 Å². The van der Waals surface area contributed by atoms with Crippen molar-refractivity contribution in [2.75, 3.05) is 0 Å². The third-order valence-corrected chi connectivity index (χ3v) is 4.82. The van der Waals surface area contributed by atoms with Gasteiger partial charge in [0, 0.05) is 12.4 Å². The van der Waals surface area contributed by atoms with Crippen LogP contribution >= 0.6 is 0 Å². The molecular formula is C21H40N2O. The second kappa shape index (κ2) is 14.4. The first-order valence-electron chi connectivity index (χ1n) is 10.3. The van der Waals surface area contributed by atoms with Gasteiger partial charge in [-0.2, -0.15) is 0 Å². The molecule has 0 aliphatic carbocycles. The van der Waals surface area contributed by atoms with Crippen molar-refractivity contribution in [3.05, 3.63) is 24.6 Å². The molecule has 1 aliphatic rings. The Hall–Kier alpha value is -0.960. The largest absolute Gasteiger partial charge is 0.374 e. The zero-order chi connectivity index (χ0) is 17.5. The van der Waals surface area contributed by atoms with Crippen molar-refractivity contribution in [3.8, 4) is 0 Å². The number of hydrogen-bond acceptors (Lipinski definition) is 3. The van der Waals surface area contributed by atoms with E-state index in [1.165, 1.54) is 77.0 Å². The minimum absolute atomic E-state index is 0.270. The van der Waals surface area contributed by atoms with Gasteiger partial charge in [-0.05, 0) is 45.4 Å². The molecule has 0 bridgehead atoms. The minimum atomic E-state index is -0.409. The monoisotopic (exact) mass is 336 g/mol. The maximum absolute atomic E-state index is 9.66. The Kier molecular flexibility index (Phi) is 12.6. The molecule has 0 fully saturated rings. The van der Waals surface area contributed by atoms with Crippen LogP contribution in [0.4, 0.5) is 0 Å². The first kappa shape index (κ1) is 21.1. The Morgan fingerprint density at radius 3 is 2.17 bits per heavy atom. The van der Waals surface area contributed by atoms with Crippen molar-refractivity contribution < 1.29 is 5.11 Å². The molecule has 0 aromatic carbocycles. The fourth-order valence-electron chi connectivity index (χ4n) is 3.28. The maximum atomic E-state index is 9.66. The van der Waals surface area contributed by atoms with E-state index in [1.54, 1.807) is 0 Å². The molecule has 0 saturated heterocycles. The fourth-order valence-corrected chi connectivity index (χ4v) is 3.28. The van der Waals surface area contributed by atoms with E-state index in [9.17, 15) is 5.11 Å². The van der Waals surface area contributed by atoms with Crippen LogP contribution in [0.2, 0.25) is 0 Å². The zero-order valence-corrected chi connectivity index (χ0v) is 16.1. The van der Waals surface area contributed by atoms with Crippen molar-refractivity contribution in [2.24, 2.45) is 0 Å². The Bertz CT molecular complexity index is 339. The van der Waals surface area contributed by atoms with Crippen LogP contribution in [-0.4, -0.2) is 22.4 Å². The summed E-state index contributed by atoms with van der Waals surface area (Å²) in [7, 11) is 0. The first-order chi connectivity index (χ1) is 11.8. The molecule has 0 aromatic rings. The summed E-state index contributed by atoms with van der Waals surface area (Å²) in [5.74, 6) is 0. The van der Waals surface area contributed by atoms with Gasteiger partial charge in [-0.3, -0.25) is 0 Å². The van der Waals surface area contributed by atoms with Crippen LogP contribution in [0, 0.1) is 0 Å². The first-order valence-corrected chi connectivity index (χ1v) is 10.3. The van der Waals surface area contributed by atoms with E-state index in [0.29, 0.717) is 0 Å². The van der Waals surface area contributed by atoms with Crippen LogP contribution in [0.1, 0.15) is 97.3 Å². The molecule has 2 atom stereocenters. The summed E-state index contributed by atoms with van der Waals surface area (Å²) in [5, 5.41) is 13.0. The highest BCUT2D eigenvalue weighted by Gasteiger charge is 2.20. The molecule has 0 spiro atoms. The quantitative estimate of drug-likeness (QED) is 0.298. The molecule has 0 saturated carbocycles. The SMILES string of the molecule is CCCCCCCCCC/C=C/CCCCC1NC=CN1C(C)O. The Morgan fingerprint density at radius 2 is 1.54 bits per heavy atom. The van der Waals surface area contributed by atoms with Gasteiger partial charge >= 0.3 is 0 Å². The summed E-state index contributed by atoms with van der Waals surface area (Å²) in [6.07, 6.45) is 25.6. The van der Waals surface area contributed by atoms with Crippen molar-refractivity contribution in [3.63, 3.8) is 0 Å². The molecule has 0 radical (unpaired) electrons. The van der Waals surface area contributed by atoms with Gasteiger partial charge < -0.3 is 15.3 Å². The summed E-state index contributed by atoms with van der Waals surface area (Å²) in [4.78, 5) is 1.98. The van der Waals surface area contributed by atoms with Crippen molar-refractivity contribution in [1.82, 2.24) is 10.2 Å². The van der Waals surface area contributed by atoms with Crippen LogP contribution in [-0.2, 0) is 0 Å². The molecule has 2 N–H and O–H groups in total. The van der Waals surface area contributed by atoms with Crippen LogP contribution in [0.15, 0.2) is 24.6 Å². The Labute approximate surface area is 150 Å². The number of aliphatic hydroxyl groups excluding tert-OH is 1. The van der Waals surface area contributed by atoms with Crippen LogP contribution in [0.25, 0.3) is 0 Å². The maximum Gasteiger partial charge on any atom is 0.125 e. The predicted molar refractivity (Wildman–Crippen MR) is 104 cm³/mol. The summed E-state index contributed by atoms with van der Waals surface area (Å²) >= 11 is 0. The van der Waals surface area contributed by atoms with Gasteiger partial charge in [0.1, 0.15) is 12.4 Å². The number of hydrogen-bond donors (Lipinski definition) is 2. The summed E-state index contributed by atoms with van der Waals surface area (Å²) in [5.41, 5.74) is 0. The lowest BCUT2D eigenvalue weighted by atomic mass is 10.1. The minimum Gasteiger partial charge on any atom is -0.374 e. The second-order valence-electron chi connectivity index (χ2n) is 7.10. The average molecular weight is 337 g/mol. The van der Waals surface area contributed by atoms with Crippen LogP contribution < -0.4 is 5.32 Å². The molecular weight excluding hydrogens is 296 g/mol. The van der Waals surface area contributed by atoms with E-state index in [-0.39, 0.29) is 6.17 Å². The molecule has 1 heterocycles. The van der Waals surface area contributed by atoms with Gasteiger partial charge in [-0.1, -0.05) is 64.0 Å². The van der Waals surface area contributed by atoms with E-state index in [1.807, 2.05) is 24.2 Å². The summed E-state index contributed by atoms with van der Waals surface area (Å²) < 4.78 is 0. The van der Waals surface area contributed by atoms with Crippen molar-refractivity contribution >= 4 is 0 Å². The van der Waals surface area contributed by atoms with Crippen molar-refractivity contribution in [2.45, 2.75) is 110 Å². The number of unbranched alkanes of at least 4 members (excludes halogenated alkanes) is 10. The van der Waals surface area contributed by atoms with Gasteiger partial charge in [0.25, 0.3) is 0 Å². The van der Waals surface area contributed by atoms with Gasteiger partial charge in [0.2, 0.25) is 0 Å². The smallest absolute Gasteiger partial charge is 0.125 e. The molecule has 1 rings (SSSR count). The van der Waals surface area contributed by atoms with Gasteiger partial charge in [0.15, 0.2) is 0 Å². The zero-order valence-electron chi connectivity index (χ0n) is 16.1. The summed E-state index contributed by atoms with van der Waals surface area (Å²) in [6, 6.07) is 0. The lowest BCUT2D eigenvalue weighted by Gasteiger charge is -2.28. The predicted octanol–water partition coefficient (Wildman–Crippen LogP) is 5.67. The molecule has 3 heteroatoms. The Balaban J connectivity index is 1.85. The van der Waals surface area contributed by atoms with Crippen molar-refractivity contribution in [1.29, 1.82) is 0 Å². The van der Waals surface area contributed by atoms with E-state index < -0.39 is 6.23 Å². The molecule has 0 aromatic heterocycles. The highest BCUT2D eigenvalue weighted by Crippen LogP contribution is 2.15. The molecule has 3 nitrogen and oxygen atoms in total. The summed E-state index contributed by atoms with van der Waals surface area (Å²) in [6.45, 7) is 4.09. The Morgan fingerprint density at radius 1 is 0.958 bits per heavy atom. The lowest BCUT2D eigenvalue weighted by Crippen LogP contribution is -2.40.